The molecular formula is C120H98BN3Si. The standard InChI is InChI=1S/C120H98BN3Si/c1-118(2,3)93-74-102(85-44-24-13-25-45-85)116(103(75-93)86-46-26-14-27-47-86)124-112-80-96(122-109-59-35-34-58-101(109)106-72-89(62-68-110(106)122)83-42-22-12-23-43-83)64-67-107(112)121-108-73-90(84-60-65-100(66-61-84)125(97-52-28-15-29-53-97,98-54-30-16-31-55-98)99-56-32-17-33-57-99)63-69-111(108)123(113-78-95(120(7,8)9)79-114(124)115(113)121)117-104(91-50-36-48-87(70-91)81-38-18-10-19-39-81)76-94(119(4,5)6)77-105(117)92-51-37-49-88(71-92)82-40-20-11-21-41-82/h10-80H,1-9H3/i34D,35D,58D,59D,62D,68D,72D. The van der Waals surface area contributed by atoms with E-state index in [0.717, 1.165) is 140 Å². The van der Waals surface area contributed by atoms with Crippen LogP contribution >= 0.6 is 0 Å². The highest BCUT2D eigenvalue weighted by Gasteiger charge is 2.48. The molecule has 3 nitrogen and oxygen atoms in total. The number of benzene rings is 18. The Labute approximate surface area is 747 Å². The minimum Gasteiger partial charge on any atom is -0.310 e. The van der Waals surface area contributed by atoms with Crippen molar-refractivity contribution in [1.82, 2.24) is 4.57 Å². The summed E-state index contributed by atoms with van der Waals surface area (Å²) in [6.07, 6.45) is 0. The zero-order chi connectivity index (χ0) is 91.0. The third-order valence-electron chi connectivity index (χ3n) is 25.8. The molecule has 3 heterocycles. The maximum absolute atomic E-state index is 10.5. The lowest BCUT2D eigenvalue weighted by Crippen LogP contribution is -2.74. The van der Waals surface area contributed by atoms with E-state index < -0.39 is 32.3 Å². The highest BCUT2D eigenvalue weighted by Crippen LogP contribution is 2.56. The average Bonchev–Trinajstić information content (AvgIpc) is 0.932. The van der Waals surface area contributed by atoms with Gasteiger partial charge in [0.05, 0.1) is 32.0 Å². The molecule has 18 aromatic carbocycles. The van der Waals surface area contributed by atoms with Crippen LogP contribution < -0.4 is 46.9 Å². The lowest BCUT2D eigenvalue weighted by molar-refractivity contribution is 0.590. The van der Waals surface area contributed by atoms with E-state index in [2.05, 4.69) is 430 Å². The summed E-state index contributed by atoms with van der Waals surface area (Å²) in [6.45, 7) is 20.2. The second kappa shape index (κ2) is 31.2. The van der Waals surface area contributed by atoms with Crippen molar-refractivity contribution in [1.29, 1.82) is 0 Å². The number of nitrogens with zero attached hydrogens (tertiary/aromatic N) is 3. The number of fused-ring (bicyclic) bond motifs is 7. The summed E-state index contributed by atoms with van der Waals surface area (Å²) in [4.78, 5) is 5.17. The molecule has 0 atom stereocenters. The number of anilines is 6. The minimum absolute atomic E-state index is 0.101. The first-order valence-corrected chi connectivity index (χ1v) is 45.6. The van der Waals surface area contributed by atoms with E-state index in [1.54, 1.807) is 4.57 Å². The Kier molecular flexibility index (Phi) is 17.5. The molecular weight excluding hydrogens is 1520 g/mol. The Morgan fingerprint density at radius 1 is 0.256 bits per heavy atom. The topological polar surface area (TPSA) is 11.4 Å². The summed E-state index contributed by atoms with van der Waals surface area (Å²) < 4.78 is 72.0. The molecule has 0 radical (unpaired) electrons. The molecule has 2 aliphatic heterocycles. The van der Waals surface area contributed by atoms with Crippen molar-refractivity contribution in [2.75, 3.05) is 9.80 Å². The fourth-order valence-corrected chi connectivity index (χ4v) is 24.2. The van der Waals surface area contributed by atoms with Gasteiger partial charge in [-0.3, -0.25) is 0 Å². The summed E-state index contributed by atoms with van der Waals surface area (Å²) in [7, 11) is -3.01. The van der Waals surface area contributed by atoms with Crippen LogP contribution in [0.3, 0.4) is 0 Å². The molecule has 0 N–H and O–H groups in total. The largest absolute Gasteiger partial charge is 0.310 e. The first-order chi connectivity index (χ1) is 63.8. The smallest absolute Gasteiger partial charge is 0.252 e. The number of rotatable bonds is 15. The van der Waals surface area contributed by atoms with Crippen molar-refractivity contribution >= 4 is 108 Å². The van der Waals surface area contributed by atoms with Crippen molar-refractivity contribution in [2.45, 2.75) is 78.6 Å². The van der Waals surface area contributed by atoms with E-state index >= 15 is 0 Å². The van der Waals surface area contributed by atoms with E-state index in [1.165, 1.54) is 26.3 Å². The van der Waals surface area contributed by atoms with E-state index in [0.29, 0.717) is 11.3 Å². The van der Waals surface area contributed by atoms with Crippen molar-refractivity contribution in [2.24, 2.45) is 0 Å². The second-order valence-corrected chi connectivity index (χ2v) is 40.4. The monoisotopic (exact) mass is 1630 g/mol. The maximum Gasteiger partial charge on any atom is 0.252 e. The van der Waals surface area contributed by atoms with Gasteiger partial charge in [0.1, 0.15) is 0 Å². The van der Waals surface area contributed by atoms with Crippen LogP contribution in [0.1, 0.15) is 88.6 Å². The van der Waals surface area contributed by atoms with Gasteiger partial charge < -0.3 is 14.4 Å². The molecule has 19 aromatic rings. The molecule has 0 amide bonds. The fraction of sp³-hybridized carbons (Fsp3) is 0.100. The Morgan fingerprint density at radius 2 is 0.616 bits per heavy atom. The number of hydrogen-bond donors (Lipinski definition) is 0. The summed E-state index contributed by atoms with van der Waals surface area (Å²) in [5, 5.41) is 5.37. The molecule has 5 heteroatoms. The van der Waals surface area contributed by atoms with Gasteiger partial charge in [-0.1, -0.05) is 408 Å². The Hall–Kier alpha value is -14.4. The van der Waals surface area contributed by atoms with Gasteiger partial charge in [-0.15, -0.1) is 0 Å². The van der Waals surface area contributed by atoms with Gasteiger partial charge in [0.15, 0.2) is 8.07 Å². The van der Waals surface area contributed by atoms with Gasteiger partial charge in [0.25, 0.3) is 6.71 Å². The van der Waals surface area contributed by atoms with Crippen LogP contribution in [0, 0.1) is 0 Å². The minimum atomic E-state index is -3.01. The predicted molar refractivity (Wildman–Crippen MR) is 538 cm³/mol. The Bertz CT molecular complexity index is 7490. The van der Waals surface area contributed by atoms with Crippen LogP contribution in [0.25, 0.3) is 117 Å². The van der Waals surface area contributed by atoms with Crippen molar-refractivity contribution in [3.8, 4) is 94.7 Å². The molecule has 0 fully saturated rings. The van der Waals surface area contributed by atoms with Gasteiger partial charge in [0.2, 0.25) is 0 Å². The summed E-state index contributed by atoms with van der Waals surface area (Å²) >= 11 is 0. The van der Waals surface area contributed by atoms with Crippen LogP contribution in [0.15, 0.2) is 431 Å². The summed E-state index contributed by atoms with van der Waals surface area (Å²) in [6, 6.07) is 139. The van der Waals surface area contributed by atoms with Gasteiger partial charge in [-0.25, -0.2) is 0 Å². The molecule has 600 valence electrons. The molecule has 125 heavy (non-hydrogen) atoms. The number of hydrogen-bond acceptors (Lipinski definition) is 2. The lowest BCUT2D eigenvalue weighted by atomic mass is 9.33. The van der Waals surface area contributed by atoms with Crippen LogP contribution in [-0.2, 0) is 16.2 Å². The zero-order valence-electron chi connectivity index (χ0n) is 78.9. The molecule has 0 unspecified atom stereocenters. The first-order valence-electron chi connectivity index (χ1n) is 47.1. The van der Waals surface area contributed by atoms with Crippen molar-refractivity contribution in [3.63, 3.8) is 0 Å². The fourth-order valence-electron chi connectivity index (χ4n) is 19.4. The normalized spacial score (nSPS) is 13.4. The van der Waals surface area contributed by atoms with Crippen LogP contribution in [0.2, 0.25) is 0 Å². The van der Waals surface area contributed by atoms with Gasteiger partial charge in [0, 0.05) is 61.5 Å². The molecule has 0 aliphatic carbocycles. The third-order valence-corrected chi connectivity index (χ3v) is 30.6. The number of aromatic nitrogens is 1. The summed E-state index contributed by atoms with van der Waals surface area (Å²) in [5.74, 6) is 0. The van der Waals surface area contributed by atoms with E-state index in [4.69, 9.17) is 0 Å². The van der Waals surface area contributed by atoms with Gasteiger partial charge >= 0.3 is 0 Å². The van der Waals surface area contributed by atoms with E-state index in [-0.39, 0.29) is 68.4 Å². The quantitative estimate of drug-likeness (QED) is 0.0749. The Balaban J connectivity index is 0.934. The van der Waals surface area contributed by atoms with E-state index in [9.17, 15) is 9.60 Å². The van der Waals surface area contributed by atoms with Crippen LogP contribution in [0.5, 0.6) is 0 Å². The van der Waals surface area contributed by atoms with Crippen LogP contribution in [-0.4, -0.2) is 19.4 Å². The van der Waals surface area contributed by atoms with Crippen molar-refractivity contribution < 1.29 is 9.60 Å². The van der Waals surface area contributed by atoms with Gasteiger partial charge in [-0.05, 0) is 222 Å². The zero-order valence-corrected chi connectivity index (χ0v) is 72.9. The SMILES string of the molecule is [2H]c1c([2H])c([2H])c2c(c1[2H])c1c([2H])c(-c3ccccc3)c([2H])c([2H])c1n2-c1ccc2c(c1)N(c1c(-c3ccccc3)cc(C(C)(C)C)cc1-c1ccccc1)c1cc(C(C)(C)C)cc3c1B2c1cc(-c2ccc([Si](c4ccccc4)(c4ccccc4)c4ccccc4)cc2)ccc1N3c1c(-c2cccc(-c3ccccc3)c2)cc(C(C)(C)C)cc1-c1cccc(-c2ccccc2)c1. The summed E-state index contributed by atoms with van der Waals surface area (Å²) in [5.41, 5.74) is 26.9. The highest BCUT2D eigenvalue weighted by atomic mass is 28.3. The van der Waals surface area contributed by atoms with Crippen molar-refractivity contribution in [3.05, 3.63) is 447 Å². The number of para-hydroxylation sites is 1. The molecule has 21 rings (SSSR count). The Morgan fingerprint density at radius 3 is 1.08 bits per heavy atom. The maximum atomic E-state index is 10.5. The van der Waals surface area contributed by atoms with Gasteiger partial charge in [-0.2, -0.15) is 0 Å². The first kappa shape index (κ1) is 70.2. The lowest BCUT2D eigenvalue weighted by Gasteiger charge is -2.47. The molecule has 0 saturated heterocycles. The predicted octanol–water partition coefficient (Wildman–Crippen LogP) is 27.5. The highest BCUT2D eigenvalue weighted by molar-refractivity contribution is 7.20. The average molecular weight is 1630 g/mol. The van der Waals surface area contributed by atoms with Crippen LogP contribution in [0.4, 0.5) is 34.1 Å². The molecule has 0 saturated carbocycles. The molecule has 0 spiro atoms. The molecule has 2 aliphatic rings. The second-order valence-electron chi connectivity index (χ2n) is 36.6. The molecule has 0 bridgehead atoms. The third kappa shape index (κ3) is 13.8. The molecule has 1 aromatic heterocycles. The van der Waals surface area contributed by atoms with E-state index in [1.807, 2.05) is 30.3 Å².